The van der Waals surface area contributed by atoms with Crippen LogP contribution in [0, 0.1) is 5.92 Å². The van der Waals surface area contributed by atoms with Gasteiger partial charge >= 0.3 is 0 Å². The number of aromatic nitrogens is 2. The third-order valence-electron chi connectivity index (χ3n) is 2.80. The summed E-state index contributed by atoms with van der Waals surface area (Å²) in [5.74, 6) is 1.73. The maximum atomic E-state index is 11.3. The number of nitrogens with two attached hydrogens (primary N) is 1. The summed E-state index contributed by atoms with van der Waals surface area (Å²) in [6.45, 7) is 1.87. The Morgan fingerprint density at radius 1 is 1.59 bits per heavy atom. The zero-order valence-electron chi connectivity index (χ0n) is 9.80. The number of sulfone groups is 1. The van der Waals surface area contributed by atoms with Crippen molar-refractivity contribution in [2.24, 2.45) is 11.7 Å². The van der Waals surface area contributed by atoms with Gasteiger partial charge in [-0.2, -0.15) is 4.98 Å². The molecule has 1 fully saturated rings. The summed E-state index contributed by atoms with van der Waals surface area (Å²) in [4.78, 5) is 4.21. The minimum Gasteiger partial charge on any atom is -0.339 e. The Morgan fingerprint density at radius 2 is 2.35 bits per heavy atom. The molecule has 0 amide bonds. The first kappa shape index (κ1) is 12.5. The number of hydrogen-bond acceptors (Lipinski definition) is 6. The molecule has 0 saturated carbocycles. The number of hydrogen-bond donors (Lipinski definition) is 1. The van der Waals surface area contributed by atoms with Crippen molar-refractivity contribution >= 4 is 9.84 Å². The molecule has 1 aliphatic heterocycles. The molecule has 1 aliphatic rings. The summed E-state index contributed by atoms with van der Waals surface area (Å²) in [6.07, 6.45) is 1.81. The van der Waals surface area contributed by atoms with Crippen LogP contribution in [0.1, 0.15) is 25.1 Å². The van der Waals surface area contributed by atoms with Crippen molar-refractivity contribution in [1.29, 1.82) is 0 Å². The quantitative estimate of drug-likeness (QED) is 0.813. The molecule has 0 radical (unpaired) electrons. The number of rotatable bonds is 4. The van der Waals surface area contributed by atoms with Gasteiger partial charge in [0.05, 0.1) is 11.5 Å². The Bertz CT molecular complexity index is 481. The van der Waals surface area contributed by atoms with Gasteiger partial charge in [0, 0.05) is 18.9 Å². The van der Waals surface area contributed by atoms with Crippen LogP contribution < -0.4 is 5.73 Å². The average Bonchev–Trinajstić information content (AvgIpc) is 2.73. The van der Waals surface area contributed by atoms with Crippen molar-refractivity contribution < 1.29 is 12.9 Å². The van der Waals surface area contributed by atoms with Crippen molar-refractivity contribution in [2.75, 3.05) is 11.5 Å². The highest BCUT2D eigenvalue weighted by molar-refractivity contribution is 7.91. The third kappa shape index (κ3) is 3.50. The van der Waals surface area contributed by atoms with Gasteiger partial charge in [-0.1, -0.05) is 5.16 Å². The predicted octanol–water partition coefficient (Wildman–Crippen LogP) is -0.0635. The van der Waals surface area contributed by atoms with Crippen molar-refractivity contribution in [1.82, 2.24) is 10.1 Å². The van der Waals surface area contributed by atoms with E-state index in [2.05, 4.69) is 10.1 Å². The fraction of sp³-hybridized carbons (Fsp3) is 0.800. The molecule has 2 rings (SSSR count). The van der Waals surface area contributed by atoms with Gasteiger partial charge in [-0.15, -0.1) is 0 Å². The number of nitrogens with zero attached hydrogens (tertiary/aromatic N) is 2. The maximum absolute atomic E-state index is 11.3. The molecule has 1 saturated heterocycles. The zero-order chi connectivity index (χ0) is 12.5. The molecule has 17 heavy (non-hydrogen) atoms. The van der Waals surface area contributed by atoms with Crippen LogP contribution in [-0.2, 0) is 22.7 Å². The van der Waals surface area contributed by atoms with Crippen LogP contribution in [0.2, 0.25) is 0 Å². The lowest BCUT2D eigenvalue weighted by Gasteiger charge is -2.01. The second-order valence-corrected chi connectivity index (χ2v) is 6.99. The largest absolute Gasteiger partial charge is 0.339 e. The highest BCUT2D eigenvalue weighted by Gasteiger charge is 2.29. The smallest absolute Gasteiger partial charge is 0.226 e. The van der Waals surface area contributed by atoms with E-state index in [0.29, 0.717) is 31.0 Å². The highest BCUT2D eigenvalue weighted by Crippen LogP contribution is 2.21. The third-order valence-corrected chi connectivity index (χ3v) is 4.64. The molecule has 2 heterocycles. The second-order valence-electron chi connectivity index (χ2n) is 4.76. The fourth-order valence-electron chi connectivity index (χ4n) is 2.02. The normalized spacial score (nSPS) is 24.9. The molecule has 2 atom stereocenters. The van der Waals surface area contributed by atoms with Crippen LogP contribution in [-0.4, -0.2) is 36.1 Å². The highest BCUT2D eigenvalue weighted by atomic mass is 32.2. The van der Waals surface area contributed by atoms with E-state index in [-0.39, 0.29) is 23.5 Å². The molecule has 2 N–H and O–H groups in total. The van der Waals surface area contributed by atoms with Gasteiger partial charge in [0.2, 0.25) is 5.89 Å². The van der Waals surface area contributed by atoms with E-state index in [1.165, 1.54) is 0 Å². The molecule has 6 nitrogen and oxygen atoms in total. The Labute approximate surface area is 100 Å². The Kier molecular flexibility index (Phi) is 3.48. The van der Waals surface area contributed by atoms with E-state index in [1.807, 2.05) is 6.92 Å². The lowest BCUT2D eigenvalue weighted by molar-refractivity contribution is 0.354. The molecule has 2 unspecified atom stereocenters. The van der Waals surface area contributed by atoms with E-state index in [9.17, 15) is 8.42 Å². The van der Waals surface area contributed by atoms with Gasteiger partial charge in [-0.05, 0) is 19.3 Å². The Hall–Kier alpha value is -0.950. The molecular formula is C10H17N3O3S. The van der Waals surface area contributed by atoms with E-state index in [1.54, 1.807) is 0 Å². The first-order chi connectivity index (χ1) is 7.94. The maximum Gasteiger partial charge on any atom is 0.226 e. The topological polar surface area (TPSA) is 99.1 Å². The van der Waals surface area contributed by atoms with Gasteiger partial charge in [-0.3, -0.25) is 0 Å². The summed E-state index contributed by atoms with van der Waals surface area (Å²) in [5, 5.41) is 3.82. The molecule has 1 aromatic heterocycles. The van der Waals surface area contributed by atoms with Gasteiger partial charge in [0.25, 0.3) is 0 Å². The summed E-state index contributed by atoms with van der Waals surface area (Å²) in [6, 6.07) is -0.00712. The Morgan fingerprint density at radius 3 is 2.94 bits per heavy atom. The molecule has 0 aliphatic carbocycles. The lowest BCUT2D eigenvalue weighted by atomic mass is 10.1. The van der Waals surface area contributed by atoms with Gasteiger partial charge in [0.15, 0.2) is 15.7 Å². The van der Waals surface area contributed by atoms with Crippen LogP contribution in [0.25, 0.3) is 0 Å². The SMILES string of the molecule is CC(N)Cc1noc(CC2CCS(=O)(=O)C2)n1. The van der Waals surface area contributed by atoms with Crippen molar-refractivity contribution in [2.45, 2.75) is 32.2 Å². The first-order valence-corrected chi connectivity index (χ1v) is 7.54. The summed E-state index contributed by atoms with van der Waals surface area (Å²) < 4.78 is 27.7. The molecule has 7 heteroatoms. The molecule has 0 bridgehead atoms. The molecule has 1 aromatic rings. The van der Waals surface area contributed by atoms with Gasteiger partial charge < -0.3 is 10.3 Å². The van der Waals surface area contributed by atoms with Crippen LogP contribution in [0.5, 0.6) is 0 Å². The lowest BCUT2D eigenvalue weighted by Crippen LogP contribution is -2.18. The Balaban J connectivity index is 1.93. The molecule has 96 valence electrons. The monoisotopic (exact) mass is 259 g/mol. The van der Waals surface area contributed by atoms with Crippen molar-refractivity contribution in [3.8, 4) is 0 Å². The summed E-state index contributed by atoms with van der Waals surface area (Å²) >= 11 is 0. The molecule has 0 spiro atoms. The van der Waals surface area contributed by atoms with Crippen molar-refractivity contribution in [3.63, 3.8) is 0 Å². The summed E-state index contributed by atoms with van der Waals surface area (Å²) in [5.41, 5.74) is 5.63. The molecular weight excluding hydrogens is 242 g/mol. The van der Waals surface area contributed by atoms with E-state index in [0.717, 1.165) is 0 Å². The van der Waals surface area contributed by atoms with Gasteiger partial charge in [0.1, 0.15) is 0 Å². The van der Waals surface area contributed by atoms with E-state index >= 15 is 0 Å². The standard InChI is InChI=1S/C10H17N3O3S/c1-7(11)4-9-12-10(16-13-9)5-8-2-3-17(14,15)6-8/h7-8H,2-6,11H2,1H3. The van der Waals surface area contributed by atoms with E-state index < -0.39 is 9.84 Å². The zero-order valence-corrected chi connectivity index (χ0v) is 10.6. The average molecular weight is 259 g/mol. The minimum atomic E-state index is -2.84. The van der Waals surface area contributed by atoms with Gasteiger partial charge in [-0.25, -0.2) is 8.42 Å². The van der Waals surface area contributed by atoms with Crippen LogP contribution in [0.4, 0.5) is 0 Å². The van der Waals surface area contributed by atoms with Crippen LogP contribution in [0.15, 0.2) is 4.52 Å². The van der Waals surface area contributed by atoms with Crippen molar-refractivity contribution in [3.05, 3.63) is 11.7 Å². The van der Waals surface area contributed by atoms with E-state index in [4.69, 9.17) is 10.3 Å². The molecule has 0 aromatic carbocycles. The van der Waals surface area contributed by atoms with Crippen LogP contribution >= 0.6 is 0 Å². The predicted molar refractivity (Wildman–Crippen MR) is 62.1 cm³/mol. The first-order valence-electron chi connectivity index (χ1n) is 5.72. The summed E-state index contributed by atoms with van der Waals surface area (Å²) in [7, 11) is -2.84. The minimum absolute atomic E-state index is 0.00712. The second kappa shape index (κ2) is 4.73. The fourth-order valence-corrected chi connectivity index (χ4v) is 3.89. The van der Waals surface area contributed by atoms with Crippen LogP contribution in [0.3, 0.4) is 0 Å².